The van der Waals surface area contributed by atoms with Crippen LogP contribution in [0.1, 0.15) is 66.0 Å². The zero-order valence-corrected chi connectivity index (χ0v) is 18.2. The van der Waals surface area contributed by atoms with Gasteiger partial charge in [0.05, 0.1) is 24.8 Å². The second kappa shape index (κ2) is 9.16. The Hall–Kier alpha value is -1.16. The summed E-state index contributed by atoms with van der Waals surface area (Å²) in [5.41, 5.74) is 1.67. The van der Waals surface area contributed by atoms with E-state index in [1.807, 2.05) is 25.1 Å². The molecule has 1 aromatic rings. The van der Waals surface area contributed by atoms with Gasteiger partial charge in [0, 0.05) is 5.56 Å². The lowest BCUT2D eigenvalue weighted by Gasteiger charge is -2.24. The molecule has 0 radical (unpaired) electrons. The van der Waals surface area contributed by atoms with Crippen molar-refractivity contribution in [3.63, 3.8) is 0 Å². The lowest BCUT2D eigenvalue weighted by atomic mass is 9.85. The lowest BCUT2D eigenvalue weighted by molar-refractivity contribution is -0.135. The van der Waals surface area contributed by atoms with Crippen LogP contribution in [0.25, 0.3) is 0 Å². The average molecular weight is 384 g/mol. The Kier molecular flexibility index (Phi) is 8.06. The standard InChI is InChI=1S/C20H33O5P/c1-14(2)25-26(22,15(3)4)23-12-11-19(21)24-18-10-9-16(5)13-17(18)20(6,7)8/h9-10,13-15H,11-12H2,1-8H3. The van der Waals surface area contributed by atoms with Gasteiger partial charge in [0.15, 0.2) is 0 Å². The molecule has 1 atom stereocenters. The van der Waals surface area contributed by atoms with Gasteiger partial charge in [-0.3, -0.25) is 9.36 Å². The Bertz CT molecular complexity index is 659. The number of carbonyl (C=O) groups excluding carboxylic acids is 1. The number of esters is 1. The molecular weight excluding hydrogens is 351 g/mol. The monoisotopic (exact) mass is 384 g/mol. The molecule has 0 heterocycles. The molecule has 0 aliphatic heterocycles. The van der Waals surface area contributed by atoms with Crippen molar-refractivity contribution in [2.24, 2.45) is 0 Å². The fourth-order valence-corrected chi connectivity index (χ4v) is 3.88. The first-order valence-corrected chi connectivity index (χ1v) is 10.7. The number of ether oxygens (including phenoxy) is 1. The number of carbonyl (C=O) groups is 1. The van der Waals surface area contributed by atoms with Crippen LogP contribution < -0.4 is 4.74 Å². The third-order valence-corrected chi connectivity index (χ3v) is 6.26. The summed E-state index contributed by atoms with van der Waals surface area (Å²) in [5.74, 6) is 0.137. The molecule has 6 heteroatoms. The van der Waals surface area contributed by atoms with Crippen LogP contribution in [-0.2, 0) is 23.8 Å². The zero-order chi connectivity index (χ0) is 20.1. The Labute approximate surface area is 158 Å². The highest BCUT2D eigenvalue weighted by Gasteiger charge is 2.31. The highest BCUT2D eigenvalue weighted by molar-refractivity contribution is 7.54. The van der Waals surface area contributed by atoms with Gasteiger partial charge in [-0.25, -0.2) is 0 Å². The Morgan fingerprint density at radius 2 is 1.77 bits per heavy atom. The van der Waals surface area contributed by atoms with Gasteiger partial charge < -0.3 is 13.8 Å². The van der Waals surface area contributed by atoms with Gasteiger partial charge in [0.25, 0.3) is 0 Å². The van der Waals surface area contributed by atoms with Crippen LogP contribution in [0.4, 0.5) is 0 Å². The van der Waals surface area contributed by atoms with E-state index in [0.717, 1.165) is 11.1 Å². The molecule has 0 saturated carbocycles. The fraction of sp³-hybridized carbons (Fsp3) is 0.650. The first kappa shape index (κ1) is 22.9. The summed E-state index contributed by atoms with van der Waals surface area (Å²) in [5, 5.41) is 0. The number of hydrogen-bond acceptors (Lipinski definition) is 5. The second-order valence-electron chi connectivity index (χ2n) is 8.09. The number of rotatable bonds is 8. The van der Waals surface area contributed by atoms with Crippen LogP contribution in [-0.4, -0.2) is 24.3 Å². The van der Waals surface area contributed by atoms with Gasteiger partial charge in [-0.05, 0) is 32.3 Å². The van der Waals surface area contributed by atoms with E-state index in [0.29, 0.717) is 5.75 Å². The normalized spacial score (nSPS) is 14.5. The SMILES string of the molecule is Cc1ccc(OC(=O)CCOP(=O)(OC(C)C)C(C)C)c(C(C)(C)C)c1. The molecule has 0 N–H and O–H groups in total. The molecule has 0 bridgehead atoms. The van der Waals surface area contributed by atoms with Crippen molar-refractivity contribution in [2.75, 3.05) is 6.61 Å². The second-order valence-corrected chi connectivity index (χ2v) is 10.7. The van der Waals surface area contributed by atoms with Crippen LogP contribution in [0.3, 0.4) is 0 Å². The molecule has 0 saturated heterocycles. The molecule has 0 amide bonds. The van der Waals surface area contributed by atoms with E-state index in [4.69, 9.17) is 13.8 Å². The molecule has 26 heavy (non-hydrogen) atoms. The largest absolute Gasteiger partial charge is 0.426 e. The Morgan fingerprint density at radius 3 is 2.27 bits per heavy atom. The Balaban J connectivity index is 2.73. The first-order valence-electron chi connectivity index (χ1n) is 9.09. The summed E-state index contributed by atoms with van der Waals surface area (Å²) in [6.45, 7) is 15.4. The van der Waals surface area contributed by atoms with E-state index in [2.05, 4.69) is 20.8 Å². The third kappa shape index (κ3) is 6.86. The molecule has 1 rings (SSSR count). The maximum atomic E-state index is 12.7. The quantitative estimate of drug-likeness (QED) is 0.330. The summed E-state index contributed by atoms with van der Waals surface area (Å²) < 4.78 is 29.1. The van der Waals surface area contributed by atoms with Crippen molar-refractivity contribution < 1.29 is 23.1 Å². The van der Waals surface area contributed by atoms with Crippen molar-refractivity contribution in [3.05, 3.63) is 29.3 Å². The van der Waals surface area contributed by atoms with Gasteiger partial charge in [-0.2, -0.15) is 0 Å². The number of aryl methyl sites for hydroxylation is 1. The van der Waals surface area contributed by atoms with Crippen LogP contribution in [0.5, 0.6) is 5.75 Å². The molecule has 1 aromatic carbocycles. The van der Waals surface area contributed by atoms with E-state index in [1.54, 1.807) is 27.7 Å². The Morgan fingerprint density at radius 1 is 1.15 bits per heavy atom. The fourth-order valence-electron chi connectivity index (χ4n) is 2.34. The summed E-state index contributed by atoms with van der Waals surface area (Å²) in [6.07, 6.45) is -0.201. The van der Waals surface area contributed by atoms with Crippen LogP contribution in [0, 0.1) is 6.92 Å². The van der Waals surface area contributed by atoms with Crippen molar-refractivity contribution >= 4 is 13.6 Å². The van der Waals surface area contributed by atoms with Crippen molar-refractivity contribution in [1.82, 2.24) is 0 Å². The van der Waals surface area contributed by atoms with Crippen molar-refractivity contribution in [2.45, 2.75) is 79.0 Å². The molecule has 0 aliphatic carbocycles. The van der Waals surface area contributed by atoms with Crippen molar-refractivity contribution in [1.29, 1.82) is 0 Å². The van der Waals surface area contributed by atoms with Gasteiger partial charge >= 0.3 is 13.6 Å². The highest BCUT2D eigenvalue weighted by atomic mass is 31.2. The maximum absolute atomic E-state index is 12.7. The summed E-state index contributed by atoms with van der Waals surface area (Å²) in [6, 6.07) is 5.76. The molecule has 0 fully saturated rings. The maximum Gasteiger partial charge on any atom is 0.333 e. The minimum atomic E-state index is -3.24. The van der Waals surface area contributed by atoms with Crippen LogP contribution >= 0.6 is 7.60 Å². The van der Waals surface area contributed by atoms with E-state index in [-0.39, 0.29) is 30.2 Å². The van der Waals surface area contributed by atoms with Crippen molar-refractivity contribution in [3.8, 4) is 5.75 Å². The minimum Gasteiger partial charge on any atom is -0.426 e. The molecular formula is C20H33O5P. The van der Waals surface area contributed by atoms with E-state index >= 15 is 0 Å². The van der Waals surface area contributed by atoms with Gasteiger partial charge in [0.2, 0.25) is 0 Å². The molecule has 0 aromatic heterocycles. The van der Waals surface area contributed by atoms with E-state index in [9.17, 15) is 9.36 Å². The smallest absolute Gasteiger partial charge is 0.333 e. The average Bonchev–Trinajstić information content (AvgIpc) is 2.47. The van der Waals surface area contributed by atoms with Crippen LogP contribution in [0.15, 0.2) is 18.2 Å². The molecule has 148 valence electrons. The molecule has 1 unspecified atom stereocenters. The van der Waals surface area contributed by atoms with E-state index in [1.165, 1.54) is 0 Å². The van der Waals surface area contributed by atoms with Crippen LogP contribution in [0.2, 0.25) is 0 Å². The van der Waals surface area contributed by atoms with Gasteiger partial charge in [-0.15, -0.1) is 0 Å². The predicted molar refractivity (Wildman–Crippen MR) is 105 cm³/mol. The van der Waals surface area contributed by atoms with E-state index < -0.39 is 13.6 Å². The topological polar surface area (TPSA) is 61.8 Å². The molecule has 0 spiro atoms. The zero-order valence-electron chi connectivity index (χ0n) is 17.3. The molecule has 5 nitrogen and oxygen atoms in total. The summed E-state index contributed by atoms with van der Waals surface area (Å²) >= 11 is 0. The highest BCUT2D eigenvalue weighted by Crippen LogP contribution is 2.53. The molecule has 0 aliphatic rings. The first-order chi connectivity index (χ1) is 11.8. The number of hydrogen-bond donors (Lipinski definition) is 0. The van der Waals surface area contributed by atoms with Gasteiger partial charge in [0.1, 0.15) is 5.75 Å². The predicted octanol–water partition coefficient (Wildman–Crippen LogP) is 5.63. The minimum absolute atomic E-state index is 0.00226. The summed E-state index contributed by atoms with van der Waals surface area (Å²) in [4.78, 5) is 12.2. The third-order valence-electron chi connectivity index (χ3n) is 3.73. The number of benzene rings is 1. The summed E-state index contributed by atoms with van der Waals surface area (Å²) in [7, 11) is -3.24. The lowest BCUT2D eigenvalue weighted by Crippen LogP contribution is -2.18. The van der Waals surface area contributed by atoms with Gasteiger partial charge in [-0.1, -0.05) is 52.3 Å².